The van der Waals surface area contributed by atoms with Crippen LogP contribution in [0.2, 0.25) is 0 Å². The van der Waals surface area contributed by atoms with Gasteiger partial charge >= 0.3 is 0 Å². The van der Waals surface area contributed by atoms with E-state index in [9.17, 15) is 9.59 Å². The number of primary amides is 1. The monoisotopic (exact) mass is 319 g/mol. The highest BCUT2D eigenvalue weighted by atomic mass is 16.2. The first-order valence-corrected chi connectivity index (χ1v) is 8.26. The number of amides is 2. The maximum absolute atomic E-state index is 12.6. The second-order valence-corrected chi connectivity index (χ2v) is 6.81. The third kappa shape index (κ3) is 3.39. The van der Waals surface area contributed by atoms with Gasteiger partial charge in [0, 0.05) is 25.3 Å². The zero-order chi connectivity index (χ0) is 16.6. The van der Waals surface area contributed by atoms with Gasteiger partial charge in [-0.3, -0.25) is 19.2 Å². The molecule has 3 heterocycles. The number of hydrogen-bond acceptors (Lipinski definition) is 4. The first kappa shape index (κ1) is 16.0. The zero-order valence-corrected chi connectivity index (χ0v) is 13.9. The fourth-order valence-corrected chi connectivity index (χ4v) is 3.68. The summed E-state index contributed by atoms with van der Waals surface area (Å²) in [6.45, 7) is 7.23. The van der Waals surface area contributed by atoms with Crippen LogP contribution in [0.1, 0.15) is 30.3 Å². The minimum atomic E-state index is -0.327. The minimum Gasteiger partial charge on any atom is -0.369 e. The van der Waals surface area contributed by atoms with Crippen LogP contribution >= 0.6 is 0 Å². The molecule has 0 bridgehead atoms. The Bertz CT molecular complexity index is 606. The third-order valence-corrected chi connectivity index (χ3v) is 4.80. The van der Waals surface area contributed by atoms with E-state index in [1.807, 2.05) is 28.3 Å². The van der Waals surface area contributed by atoms with E-state index in [1.54, 1.807) is 0 Å². The topological polar surface area (TPSA) is 84.5 Å². The molecule has 1 aromatic heterocycles. The maximum Gasteiger partial charge on any atom is 0.231 e. The van der Waals surface area contributed by atoms with Crippen molar-refractivity contribution in [2.45, 2.75) is 32.7 Å². The van der Waals surface area contributed by atoms with Crippen molar-refractivity contribution >= 4 is 11.8 Å². The summed E-state index contributed by atoms with van der Waals surface area (Å²) in [6, 6.07) is 2.35. The molecule has 2 N–H and O–H groups in total. The predicted molar refractivity (Wildman–Crippen MR) is 85.7 cm³/mol. The summed E-state index contributed by atoms with van der Waals surface area (Å²) in [4.78, 5) is 27.6. The van der Waals surface area contributed by atoms with Gasteiger partial charge in [0.15, 0.2) is 0 Å². The third-order valence-electron chi connectivity index (χ3n) is 4.80. The van der Waals surface area contributed by atoms with Crippen molar-refractivity contribution in [3.63, 3.8) is 0 Å². The Morgan fingerprint density at radius 2 is 2.04 bits per heavy atom. The summed E-state index contributed by atoms with van der Waals surface area (Å²) in [6.07, 6.45) is 1.84. The van der Waals surface area contributed by atoms with Gasteiger partial charge in [0.2, 0.25) is 11.8 Å². The molecule has 0 aliphatic carbocycles. The number of hydrogen-bond donors (Lipinski definition) is 1. The zero-order valence-electron chi connectivity index (χ0n) is 13.9. The van der Waals surface area contributed by atoms with E-state index in [1.165, 1.54) is 0 Å². The van der Waals surface area contributed by atoms with E-state index in [2.05, 4.69) is 11.2 Å². The molecular formula is C16H25N5O2. The van der Waals surface area contributed by atoms with Crippen molar-refractivity contribution in [3.8, 4) is 0 Å². The van der Waals surface area contributed by atoms with Crippen LogP contribution in [0, 0.1) is 19.8 Å². The van der Waals surface area contributed by atoms with Gasteiger partial charge < -0.3 is 10.6 Å². The number of carbonyl (C=O) groups excluding carboxylic acids is 2. The molecule has 7 nitrogen and oxygen atoms in total. The van der Waals surface area contributed by atoms with E-state index >= 15 is 0 Å². The summed E-state index contributed by atoms with van der Waals surface area (Å²) in [5.74, 6) is -0.131. The van der Waals surface area contributed by atoms with Gasteiger partial charge in [0.1, 0.15) is 0 Å². The van der Waals surface area contributed by atoms with Crippen LogP contribution in [-0.4, -0.2) is 64.1 Å². The van der Waals surface area contributed by atoms with Gasteiger partial charge in [0.05, 0.1) is 24.2 Å². The summed E-state index contributed by atoms with van der Waals surface area (Å²) < 4.78 is 2.03. The van der Waals surface area contributed by atoms with Crippen LogP contribution in [-0.2, 0) is 9.59 Å². The molecular weight excluding hydrogens is 294 g/mol. The summed E-state index contributed by atoms with van der Waals surface area (Å²) in [5.41, 5.74) is 7.41. The molecule has 2 amide bonds. The molecule has 0 radical (unpaired) electrons. The predicted octanol–water partition coefficient (Wildman–Crippen LogP) is 0.0805. The smallest absolute Gasteiger partial charge is 0.231 e. The van der Waals surface area contributed by atoms with E-state index in [0.29, 0.717) is 6.54 Å². The van der Waals surface area contributed by atoms with E-state index in [4.69, 9.17) is 5.73 Å². The van der Waals surface area contributed by atoms with Gasteiger partial charge in [-0.05, 0) is 39.3 Å². The van der Waals surface area contributed by atoms with Crippen LogP contribution < -0.4 is 5.73 Å². The Morgan fingerprint density at radius 3 is 2.65 bits per heavy atom. The minimum absolute atomic E-state index is 0.00972. The fourth-order valence-electron chi connectivity index (χ4n) is 3.68. The normalized spacial score (nSPS) is 22.9. The Labute approximate surface area is 136 Å². The molecule has 0 aromatic carbocycles. The highest BCUT2D eigenvalue weighted by Crippen LogP contribution is 2.27. The van der Waals surface area contributed by atoms with Crippen LogP contribution in [0.25, 0.3) is 0 Å². The van der Waals surface area contributed by atoms with Crippen molar-refractivity contribution in [2.75, 3.05) is 32.7 Å². The summed E-state index contributed by atoms with van der Waals surface area (Å²) in [5, 5.41) is 4.50. The molecule has 2 aliphatic rings. The summed E-state index contributed by atoms with van der Waals surface area (Å²) >= 11 is 0. The van der Waals surface area contributed by atoms with E-state index in [-0.39, 0.29) is 30.3 Å². The standard InChI is InChI=1S/C16H25N5O2/c1-11-6-12(2)21(18-11)14-8-20(9-14)16(23)13-4-3-5-19(7-13)10-15(17)22/h6,13-14H,3-5,7-10H2,1-2H3,(H2,17,22). The first-order chi connectivity index (χ1) is 10.9. The number of nitrogens with two attached hydrogens (primary N) is 1. The lowest BCUT2D eigenvalue weighted by Gasteiger charge is -2.43. The number of aromatic nitrogens is 2. The van der Waals surface area contributed by atoms with Crippen LogP contribution in [0.5, 0.6) is 0 Å². The van der Waals surface area contributed by atoms with Crippen LogP contribution in [0.3, 0.4) is 0 Å². The first-order valence-electron chi connectivity index (χ1n) is 8.26. The highest BCUT2D eigenvalue weighted by Gasteiger charge is 2.37. The van der Waals surface area contributed by atoms with Crippen LogP contribution in [0.15, 0.2) is 6.07 Å². The molecule has 23 heavy (non-hydrogen) atoms. The molecule has 7 heteroatoms. The van der Waals surface area contributed by atoms with Crippen LogP contribution in [0.4, 0.5) is 0 Å². The lowest BCUT2D eigenvalue weighted by atomic mass is 9.94. The Balaban J connectivity index is 1.54. The fraction of sp³-hybridized carbons (Fsp3) is 0.688. The van der Waals surface area contributed by atoms with E-state index in [0.717, 1.165) is 43.9 Å². The quantitative estimate of drug-likeness (QED) is 0.852. The van der Waals surface area contributed by atoms with Gasteiger partial charge in [0.25, 0.3) is 0 Å². The Morgan fingerprint density at radius 1 is 1.30 bits per heavy atom. The molecule has 2 aliphatic heterocycles. The second-order valence-electron chi connectivity index (χ2n) is 6.81. The molecule has 1 unspecified atom stereocenters. The molecule has 2 fully saturated rings. The highest BCUT2D eigenvalue weighted by molar-refractivity contribution is 5.80. The maximum atomic E-state index is 12.6. The lowest BCUT2D eigenvalue weighted by molar-refractivity contribution is -0.144. The van der Waals surface area contributed by atoms with Gasteiger partial charge in [-0.1, -0.05) is 0 Å². The average Bonchev–Trinajstić information content (AvgIpc) is 2.75. The van der Waals surface area contributed by atoms with Crippen molar-refractivity contribution in [2.24, 2.45) is 11.7 Å². The number of piperidine rings is 1. The van der Waals surface area contributed by atoms with Crippen molar-refractivity contribution in [1.82, 2.24) is 19.6 Å². The molecule has 0 saturated carbocycles. The second kappa shape index (κ2) is 6.31. The van der Waals surface area contributed by atoms with Crippen molar-refractivity contribution in [1.29, 1.82) is 0 Å². The SMILES string of the molecule is Cc1cc(C)n(C2CN(C(=O)C3CCCN(CC(N)=O)C3)C2)n1. The lowest BCUT2D eigenvalue weighted by Crippen LogP contribution is -2.55. The number of carbonyl (C=O) groups is 2. The number of nitrogens with zero attached hydrogens (tertiary/aromatic N) is 4. The van der Waals surface area contributed by atoms with Crippen molar-refractivity contribution < 1.29 is 9.59 Å². The van der Waals surface area contributed by atoms with Gasteiger partial charge in [-0.2, -0.15) is 5.10 Å². The van der Waals surface area contributed by atoms with Gasteiger partial charge in [-0.15, -0.1) is 0 Å². The summed E-state index contributed by atoms with van der Waals surface area (Å²) in [7, 11) is 0. The Hall–Kier alpha value is -1.89. The molecule has 2 saturated heterocycles. The number of aryl methyl sites for hydroxylation is 2. The molecule has 0 spiro atoms. The Kier molecular flexibility index (Phi) is 4.39. The molecule has 3 rings (SSSR count). The van der Waals surface area contributed by atoms with E-state index < -0.39 is 0 Å². The molecule has 126 valence electrons. The number of likely N-dealkylation sites (tertiary alicyclic amines) is 2. The largest absolute Gasteiger partial charge is 0.369 e. The molecule has 1 aromatic rings. The van der Waals surface area contributed by atoms with Gasteiger partial charge in [-0.25, -0.2) is 0 Å². The number of rotatable bonds is 4. The van der Waals surface area contributed by atoms with Crippen molar-refractivity contribution in [3.05, 3.63) is 17.5 Å². The average molecular weight is 319 g/mol. The molecule has 1 atom stereocenters.